The van der Waals surface area contributed by atoms with Crippen LogP contribution in [0.1, 0.15) is 91.9 Å². The zero-order valence-electron chi connectivity index (χ0n) is 22.3. The molecule has 0 unspecified atom stereocenters. The molecule has 0 aromatic rings. The Hall–Kier alpha value is -0.260. The molecule has 208 valence electrons. The van der Waals surface area contributed by atoms with E-state index >= 15 is 0 Å². The van der Waals surface area contributed by atoms with Gasteiger partial charge in [-0.2, -0.15) is 0 Å². The Bertz CT molecular complexity index is 1000. The van der Waals surface area contributed by atoms with Gasteiger partial charge in [0.2, 0.25) is 20.0 Å². The van der Waals surface area contributed by atoms with E-state index in [4.69, 9.17) is 0 Å². The van der Waals surface area contributed by atoms with Gasteiger partial charge in [0, 0.05) is 22.9 Å². The summed E-state index contributed by atoms with van der Waals surface area (Å²) in [5, 5.41) is 21.7. The Labute approximate surface area is 217 Å². The number of sulfonamides is 2. The number of aliphatic hydroxyl groups is 2. The predicted molar refractivity (Wildman–Crippen MR) is 139 cm³/mol. The maximum atomic E-state index is 13.5. The second kappa shape index (κ2) is 8.62. The summed E-state index contributed by atoms with van der Waals surface area (Å²) in [5.41, 5.74) is -1.81. The van der Waals surface area contributed by atoms with Crippen LogP contribution in [-0.2, 0) is 20.0 Å². The molecule has 0 amide bonds. The molecular weight excluding hydrogens is 500 g/mol. The lowest BCUT2D eigenvalue weighted by atomic mass is 9.70. The van der Waals surface area contributed by atoms with Crippen molar-refractivity contribution in [1.29, 1.82) is 0 Å². The van der Waals surface area contributed by atoms with E-state index in [0.717, 1.165) is 25.7 Å². The molecule has 8 atom stereocenters. The van der Waals surface area contributed by atoms with Crippen molar-refractivity contribution in [2.75, 3.05) is 11.5 Å². The van der Waals surface area contributed by atoms with Gasteiger partial charge >= 0.3 is 0 Å². The van der Waals surface area contributed by atoms with E-state index in [1.165, 1.54) is 0 Å². The molecule has 5 aliphatic carbocycles. The molecule has 4 bridgehead atoms. The van der Waals surface area contributed by atoms with Gasteiger partial charge < -0.3 is 10.2 Å². The maximum absolute atomic E-state index is 13.5. The highest BCUT2D eigenvalue weighted by atomic mass is 32.2. The third-order valence-corrected chi connectivity index (χ3v) is 15.2. The van der Waals surface area contributed by atoms with Crippen molar-refractivity contribution in [3.63, 3.8) is 0 Å². The maximum Gasteiger partial charge on any atom is 0.212 e. The smallest absolute Gasteiger partial charge is 0.212 e. The summed E-state index contributed by atoms with van der Waals surface area (Å²) in [5.74, 6) is 0.431. The molecule has 0 radical (unpaired) electrons. The highest BCUT2D eigenvalue weighted by Crippen LogP contribution is 2.67. The van der Waals surface area contributed by atoms with Gasteiger partial charge in [-0.25, -0.2) is 26.3 Å². The fourth-order valence-electron chi connectivity index (χ4n) is 9.39. The van der Waals surface area contributed by atoms with Crippen LogP contribution in [0.3, 0.4) is 0 Å². The van der Waals surface area contributed by atoms with Gasteiger partial charge in [-0.15, -0.1) is 0 Å². The highest BCUT2D eigenvalue weighted by Gasteiger charge is 2.66. The fourth-order valence-corrected chi connectivity index (χ4v) is 13.8. The first-order chi connectivity index (χ1) is 16.6. The fraction of sp³-hybridized carbons (Fsp3) is 1.00. The number of hydrogen-bond donors (Lipinski definition) is 4. The number of aliphatic hydroxyl groups excluding tert-OH is 2. The van der Waals surface area contributed by atoms with E-state index in [9.17, 15) is 27.0 Å². The lowest BCUT2D eigenvalue weighted by molar-refractivity contribution is 0.0148. The van der Waals surface area contributed by atoms with Crippen LogP contribution in [0, 0.1) is 33.5 Å². The topological polar surface area (TPSA) is 133 Å². The zero-order valence-corrected chi connectivity index (χ0v) is 23.9. The molecular formula is C26H46N2O6S2. The van der Waals surface area contributed by atoms with Crippen molar-refractivity contribution >= 4 is 20.0 Å². The van der Waals surface area contributed by atoms with E-state index in [-0.39, 0.29) is 22.3 Å². The first-order valence-electron chi connectivity index (χ1n) is 13.9. The predicted octanol–water partition coefficient (Wildman–Crippen LogP) is 2.51. The molecule has 4 N–H and O–H groups in total. The lowest BCUT2D eigenvalue weighted by Crippen LogP contribution is -2.57. The van der Waals surface area contributed by atoms with E-state index < -0.39 is 55.2 Å². The van der Waals surface area contributed by atoms with Gasteiger partial charge in [0.05, 0.1) is 23.7 Å². The third-order valence-electron chi connectivity index (χ3n) is 12.1. The minimum atomic E-state index is -3.75. The third kappa shape index (κ3) is 4.03. The summed E-state index contributed by atoms with van der Waals surface area (Å²) >= 11 is 0. The lowest BCUT2D eigenvalue weighted by Gasteiger charge is -2.42. The van der Waals surface area contributed by atoms with Gasteiger partial charge in [-0.05, 0) is 74.0 Å². The van der Waals surface area contributed by atoms with Crippen LogP contribution in [-0.4, -0.2) is 62.8 Å². The number of hydrogen-bond acceptors (Lipinski definition) is 6. The first kappa shape index (κ1) is 27.3. The van der Waals surface area contributed by atoms with E-state index in [0.29, 0.717) is 50.4 Å². The quantitative estimate of drug-likeness (QED) is 0.370. The largest absolute Gasteiger partial charge is 0.392 e. The Balaban J connectivity index is 1.30. The Kier molecular flexibility index (Phi) is 6.54. The number of fused-ring (bicyclic) bond motifs is 4. The van der Waals surface area contributed by atoms with Gasteiger partial charge in [-0.1, -0.05) is 40.5 Å². The molecule has 0 aliphatic heterocycles. The summed E-state index contributed by atoms with van der Waals surface area (Å²) in [6.45, 7) is 8.33. The second-order valence-corrected chi connectivity index (χ2v) is 17.5. The van der Waals surface area contributed by atoms with Crippen LogP contribution in [0.15, 0.2) is 0 Å². The SMILES string of the molecule is CC1(C)[C@H]2CC[C@]1(CS(=O)(=O)N[C@H]1CCCC[C@@H]1NS(=O)(=O)C[C@]13CC[C@@H](C[C@@H]1O)C3(C)C)[C@@H](O)C2. The van der Waals surface area contributed by atoms with Crippen LogP contribution >= 0.6 is 0 Å². The van der Waals surface area contributed by atoms with Crippen LogP contribution in [0.25, 0.3) is 0 Å². The molecule has 5 saturated carbocycles. The Morgan fingerprint density at radius 3 is 1.31 bits per heavy atom. The summed E-state index contributed by atoms with van der Waals surface area (Å²) in [7, 11) is -7.49. The van der Waals surface area contributed by atoms with Crippen LogP contribution in [0.4, 0.5) is 0 Å². The molecule has 0 spiro atoms. The molecule has 0 saturated heterocycles. The van der Waals surface area contributed by atoms with Crippen molar-refractivity contribution in [3.05, 3.63) is 0 Å². The molecule has 5 aliphatic rings. The minimum Gasteiger partial charge on any atom is -0.392 e. The monoisotopic (exact) mass is 546 g/mol. The van der Waals surface area contributed by atoms with Crippen molar-refractivity contribution < 1.29 is 27.0 Å². The second-order valence-electron chi connectivity index (χ2n) is 14.0. The summed E-state index contributed by atoms with van der Waals surface area (Å²) < 4.78 is 59.6. The van der Waals surface area contributed by atoms with Gasteiger partial charge in [0.25, 0.3) is 0 Å². The average molecular weight is 547 g/mol. The van der Waals surface area contributed by atoms with E-state index in [1.807, 2.05) is 0 Å². The van der Waals surface area contributed by atoms with Gasteiger partial charge in [0.1, 0.15) is 0 Å². The summed E-state index contributed by atoms with van der Waals surface area (Å²) in [6.07, 6.45) is 6.17. The van der Waals surface area contributed by atoms with Crippen molar-refractivity contribution in [3.8, 4) is 0 Å². The van der Waals surface area contributed by atoms with E-state index in [2.05, 4.69) is 37.1 Å². The molecule has 10 heteroatoms. The molecule has 0 heterocycles. The zero-order chi connectivity index (χ0) is 26.4. The Morgan fingerprint density at radius 1 is 0.667 bits per heavy atom. The van der Waals surface area contributed by atoms with Crippen LogP contribution in [0.5, 0.6) is 0 Å². The highest BCUT2D eigenvalue weighted by molar-refractivity contribution is 7.89. The average Bonchev–Trinajstić information content (AvgIpc) is 3.27. The molecule has 0 aromatic carbocycles. The van der Waals surface area contributed by atoms with Crippen molar-refractivity contribution in [2.24, 2.45) is 33.5 Å². The van der Waals surface area contributed by atoms with Crippen molar-refractivity contribution in [2.45, 2.75) is 116 Å². The summed E-state index contributed by atoms with van der Waals surface area (Å²) in [4.78, 5) is 0. The molecule has 5 fully saturated rings. The standard InChI is InChI=1S/C26H46N2O6S2/c1-23(2)17-9-11-25(23,21(29)13-17)15-35(31,32)27-19-7-5-6-8-20(19)28-36(33,34)16-26-12-10-18(14-22(26)30)24(26,3)4/h17-22,27-30H,5-16H2,1-4H3/t17-,18-,19-,20-,21-,22-,25-,26+/m0/s1. The molecule has 5 rings (SSSR count). The molecule has 0 aromatic heterocycles. The van der Waals surface area contributed by atoms with Crippen molar-refractivity contribution in [1.82, 2.24) is 9.44 Å². The van der Waals surface area contributed by atoms with Crippen LogP contribution < -0.4 is 9.44 Å². The molecule has 36 heavy (non-hydrogen) atoms. The first-order valence-corrected chi connectivity index (χ1v) is 17.2. The van der Waals surface area contributed by atoms with Gasteiger partial charge in [-0.3, -0.25) is 0 Å². The number of nitrogens with one attached hydrogen (secondary N) is 2. The molecule has 8 nitrogen and oxygen atoms in total. The summed E-state index contributed by atoms with van der Waals surface area (Å²) in [6, 6.07) is -1.02. The van der Waals surface area contributed by atoms with Gasteiger partial charge in [0.15, 0.2) is 0 Å². The minimum absolute atomic E-state index is 0.120. The normalized spacial score (nSPS) is 45.4. The number of rotatable bonds is 8. The van der Waals surface area contributed by atoms with E-state index in [1.54, 1.807) is 0 Å². The van der Waals surface area contributed by atoms with Crippen LogP contribution in [0.2, 0.25) is 0 Å². The Morgan fingerprint density at radius 2 is 1.03 bits per heavy atom.